The van der Waals surface area contributed by atoms with Crippen molar-refractivity contribution in [2.75, 3.05) is 13.1 Å². The molecule has 1 aromatic heterocycles. The molecule has 1 fully saturated rings. The van der Waals surface area contributed by atoms with Crippen LogP contribution in [0.25, 0.3) is 0 Å². The lowest BCUT2D eigenvalue weighted by molar-refractivity contribution is 0.0436. The Kier molecular flexibility index (Phi) is 5.89. The van der Waals surface area contributed by atoms with Gasteiger partial charge in [0, 0.05) is 12.6 Å². The van der Waals surface area contributed by atoms with Crippen LogP contribution in [0, 0.1) is 5.92 Å². The van der Waals surface area contributed by atoms with Gasteiger partial charge in [0.15, 0.2) is 5.96 Å². The summed E-state index contributed by atoms with van der Waals surface area (Å²) in [5.41, 5.74) is -1.09. The van der Waals surface area contributed by atoms with Crippen molar-refractivity contribution in [2.24, 2.45) is 10.9 Å². The van der Waals surface area contributed by atoms with Gasteiger partial charge in [0.25, 0.3) is 0 Å². The van der Waals surface area contributed by atoms with Crippen LogP contribution < -0.4 is 10.6 Å². The number of guanidine groups is 1. The molecule has 0 saturated heterocycles. The molecule has 1 heterocycles. The first-order chi connectivity index (χ1) is 10.5. The van der Waals surface area contributed by atoms with Crippen molar-refractivity contribution < 1.29 is 9.52 Å². The van der Waals surface area contributed by atoms with Gasteiger partial charge in [0.2, 0.25) is 0 Å². The highest BCUT2D eigenvalue weighted by Gasteiger charge is 2.26. The van der Waals surface area contributed by atoms with Crippen molar-refractivity contribution in [1.82, 2.24) is 10.6 Å². The highest BCUT2D eigenvalue weighted by Crippen LogP contribution is 2.24. The predicted molar refractivity (Wildman–Crippen MR) is 88.8 cm³/mol. The first kappa shape index (κ1) is 16.9. The molecule has 0 spiro atoms. The normalized spacial score (nSPS) is 25.5. The molecule has 124 valence electrons. The van der Waals surface area contributed by atoms with E-state index >= 15 is 0 Å². The quantitative estimate of drug-likeness (QED) is 0.578. The van der Waals surface area contributed by atoms with Gasteiger partial charge in [-0.2, -0.15) is 0 Å². The maximum atomic E-state index is 10.5. The third-order valence-electron chi connectivity index (χ3n) is 4.30. The highest BCUT2D eigenvalue weighted by atomic mass is 16.4. The van der Waals surface area contributed by atoms with Crippen LogP contribution in [0.1, 0.15) is 52.2 Å². The van der Waals surface area contributed by atoms with Crippen LogP contribution in [0.4, 0.5) is 0 Å². The van der Waals surface area contributed by atoms with E-state index in [9.17, 15) is 5.11 Å². The monoisotopic (exact) mass is 307 g/mol. The van der Waals surface area contributed by atoms with E-state index in [-0.39, 0.29) is 6.54 Å². The lowest BCUT2D eigenvalue weighted by Gasteiger charge is -2.28. The van der Waals surface area contributed by atoms with Crippen LogP contribution in [0.3, 0.4) is 0 Å². The minimum Gasteiger partial charge on any atom is -0.466 e. The summed E-state index contributed by atoms with van der Waals surface area (Å²) < 4.78 is 5.29. The van der Waals surface area contributed by atoms with E-state index in [0.717, 1.165) is 18.4 Å². The van der Waals surface area contributed by atoms with Gasteiger partial charge in [0.05, 0.1) is 12.8 Å². The lowest BCUT2D eigenvalue weighted by atomic mass is 9.87. The van der Waals surface area contributed by atoms with Crippen molar-refractivity contribution in [1.29, 1.82) is 0 Å². The molecule has 0 aliphatic heterocycles. The van der Waals surface area contributed by atoms with E-state index in [1.54, 1.807) is 25.3 Å². The van der Waals surface area contributed by atoms with Crippen LogP contribution in [-0.4, -0.2) is 30.2 Å². The zero-order valence-corrected chi connectivity index (χ0v) is 13.9. The van der Waals surface area contributed by atoms with E-state index in [1.807, 2.05) is 6.92 Å². The summed E-state index contributed by atoms with van der Waals surface area (Å²) in [5.74, 6) is 2.14. The van der Waals surface area contributed by atoms with Gasteiger partial charge in [0.1, 0.15) is 11.4 Å². The second-order valence-electron chi connectivity index (χ2n) is 6.55. The van der Waals surface area contributed by atoms with E-state index in [1.165, 1.54) is 25.7 Å². The number of hydrogen-bond acceptors (Lipinski definition) is 3. The summed E-state index contributed by atoms with van der Waals surface area (Å²) in [6.07, 6.45) is 6.46. The average Bonchev–Trinajstić information content (AvgIpc) is 3.02. The zero-order chi connectivity index (χ0) is 16.0. The minimum atomic E-state index is -1.09. The van der Waals surface area contributed by atoms with Crippen molar-refractivity contribution in [3.8, 4) is 0 Å². The molecule has 3 N–H and O–H groups in total. The van der Waals surface area contributed by atoms with Crippen molar-refractivity contribution in [2.45, 2.75) is 58.1 Å². The van der Waals surface area contributed by atoms with Crippen molar-refractivity contribution in [3.05, 3.63) is 24.2 Å². The molecule has 0 bridgehead atoms. The number of rotatable bonds is 5. The molecule has 5 heteroatoms. The number of hydrogen-bond donors (Lipinski definition) is 3. The molecule has 0 aromatic carbocycles. The Morgan fingerprint density at radius 2 is 2.14 bits per heavy atom. The van der Waals surface area contributed by atoms with E-state index in [4.69, 9.17) is 4.42 Å². The summed E-state index contributed by atoms with van der Waals surface area (Å²) in [6.45, 7) is 7.15. The Labute approximate surface area is 133 Å². The van der Waals surface area contributed by atoms with Crippen LogP contribution in [0.2, 0.25) is 0 Å². The topological polar surface area (TPSA) is 69.8 Å². The average molecular weight is 307 g/mol. The smallest absolute Gasteiger partial charge is 0.191 e. The largest absolute Gasteiger partial charge is 0.466 e. The van der Waals surface area contributed by atoms with E-state index < -0.39 is 5.60 Å². The molecule has 5 nitrogen and oxygen atoms in total. The van der Waals surface area contributed by atoms with Crippen LogP contribution in [0.15, 0.2) is 27.8 Å². The third-order valence-corrected chi connectivity index (χ3v) is 4.30. The molecule has 1 aliphatic rings. The molecule has 1 aliphatic carbocycles. The van der Waals surface area contributed by atoms with Crippen LogP contribution >= 0.6 is 0 Å². The van der Waals surface area contributed by atoms with Gasteiger partial charge >= 0.3 is 0 Å². The Hall–Kier alpha value is -1.49. The van der Waals surface area contributed by atoms with Crippen LogP contribution in [0.5, 0.6) is 0 Å². The number of aliphatic imine (C=N–C) groups is 1. The fourth-order valence-corrected chi connectivity index (χ4v) is 2.81. The lowest BCUT2D eigenvalue weighted by Crippen LogP contribution is -2.45. The SMILES string of the molecule is CCNC(=NCC(C)(O)c1ccco1)NC1CCC(C)CC1. The standard InChI is InChI=1S/C17H29N3O2/c1-4-18-16(20-14-9-7-13(2)8-10-14)19-12-17(3,21)15-6-5-11-22-15/h5-6,11,13-14,21H,4,7-10,12H2,1-3H3,(H2,18,19,20). The fourth-order valence-electron chi connectivity index (χ4n) is 2.81. The van der Waals surface area contributed by atoms with Crippen LogP contribution in [-0.2, 0) is 5.60 Å². The summed E-state index contributed by atoms with van der Waals surface area (Å²) in [6, 6.07) is 4.03. The Bertz CT molecular complexity index is 460. The predicted octanol–water partition coefficient (Wildman–Crippen LogP) is 2.62. The number of nitrogens with zero attached hydrogens (tertiary/aromatic N) is 1. The van der Waals surface area contributed by atoms with Crippen molar-refractivity contribution in [3.63, 3.8) is 0 Å². The number of furan rings is 1. The molecule has 1 saturated carbocycles. The summed E-state index contributed by atoms with van der Waals surface area (Å²) in [7, 11) is 0. The third kappa shape index (κ3) is 4.77. The summed E-state index contributed by atoms with van der Waals surface area (Å²) in [4.78, 5) is 4.54. The number of aliphatic hydroxyl groups is 1. The van der Waals surface area contributed by atoms with Crippen molar-refractivity contribution >= 4 is 5.96 Å². The fraction of sp³-hybridized carbons (Fsp3) is 0.706. The molecule has 2 rings (SSSR count). The Morgan fingerprint density at radius 1 is 1.41 bits per heavy atom. The van der Waals surface area contributed by atoms with Gasteiger partial charge in [-0.3, -0.25) is 0 Å². The first-order valence-electron chi connectivity index (χ1n) is 8.32. The van der Waals surface area contributed by atoms with Gasteiger partial charge in [-0.05, 0) is 57.6 Å². The van der Waals surface area contributed by atoms with Gasteiger partial charge < -0.3 is 20.2 Å². The molecule has 1 atom stereocenters. The molecule has 22 heavy (non-hydrogen) atoms. The van der Waals surface area contributed by atoms with E-state index in [0.29, 0.717) is 11.8 Å². The van der Waals surface area contributed by atoms with Gasteiger partial charge in [-0.1, -0.05) is 6.92 Å². The molecular formula is C17H29N3O2. The zero-order valence-electron chi connectivity index (χ0n) is 13.9. The summed E-state index contributed by atoms with van der Waals surface area (Å²) in [5, 5.41) is 17.2. The minimum absolute atomic E-state index is 0.263. The summed E-state index contributed by atoms with van der Waals surface area (Å²) >= 11 is 0. The first-order valence-corrected chi connectivity index (χ1v) is 8.32. The highest BCUT2D eigenvalue weighted by molar-refractivity contribution is 5.80. The molecular weight excluding hydrogens is 278 g/mol. The van der Waals surface area contributed by atoms with Gasteiger partial charge in [-0.15, -0.1) is 0 Å². The second kappa shape index (κ2) is 7.68. The Balaban J connectivity index is 1.95. The number of nitrogens with one attached hydrogen (secondary N) is 2. The van der Waals surface area contributed by atoms with Gasteiger partial charge in [-0.25, -0.2) is 4.99 Å². The molecule has 0 amide bonds. The second-order valence-corrected chi connectivity index (χ2v) is 6.55. The Morgan fingerprint density at radius 3 is 2.73 bits per heavy atom. The van der Waals surface area contributed by atoms with E-state index in [2.05, 4.69) is 22.5 Å². The maximum absolute atomic E-state index is 10.5. The molecule has 0 radical (unpaired) electrons. The maximum Gasteiger partial charge on any atom is 0.191 e. The molecule has 1 aromatic rings. The molecule has 1 unspecified atom stereocenters.